The van der Waals surface area contributed by atoms with Crippen LogP contribution in [0.2, 0.25) is 5.02 Å². The second kappa shape index (κ2) is 7.71. The Labute approximate surface area is 169 Å². The standard InChI is InChI=1S/C21H20ClNOS2/c22-17-10-8-15(9-11-17)16-7-6-14(12-16)13-19-20(24)23(21(25)26-19)18-4-2-1-3-5-18/h6-11,13,18H,1-5,12H2/b19-13-. The number of halogens is 1. The summed E-state index contributed by atoms with van der Waals surface area (Å²) in [5.41, 5.74) is 3.57. The molecule has 2 fully saturated rings. The molecule has 1 saturated carbocycles. The van der Waals surface area contributed by atoms with Crippen LogP contribution in [0.1, 0.15) is 44.1 Å². The number of nitrogens with zero attached hydrogens (tertiary/aromatic N) is 1. The Hall–Kier alpha value is -1.36. The highest BCUT2D eigenvalue weighted by molar-refractivity contribution is 8.26. The van der Waals surface area contributed by atoms with Gasteiger partial charge in [0.05, 0.1) is 4.91 Å². The van der Waals surface area contributed by atoms with Gasteiger partial charge in [-0.15, -0.1) is 0 Å². The highest BCUT2D eigenvalue weighted by Crippen LogP contribution is 2.38. The maximum Gasteiger partial charge on any atom is 0.266 e. The van der Waals surface area contributed by atoms with Gasteiger partial charge in [0, 0.05) is 11.1 Å². The number of thioether (sulfide) groups is 1. The smallest absolute Gasteiger partial charge is 0.266 e. The topological polar surface area (TPSA) is 20.3 Å². The fraction of sp³-hybridized carbons (Fsp3) is 0.333. The third kappa shape index (κ3) is 3.68. The van der Waals surface area contributed by atoms with Gasteiger partial charge in [0.1, 0.15) is 4.32 Å². The van der Waals surface area contributed by atoms with Crippen molar-refractivity contribution in [1.29, 1.82) is 0 Å². The van der Waals surface area contributed by atoms with E-state index in [9.17, 15) is 4.79 Å². The van der Waals surface area contributed by atoms with E-state index in [0.29, 0.717) is 6.04 Å². The van der Waals surface area contributed by atoms with Crippen molar-refractivity contribution in [2.75, 3.05) is 0 Å². The van der Waals surface area contributed by atoms with E-state index >= 15 is 0 Å². The van der Waals surface area contributed by atoms with E-state index in [1.165, 1.54) is 42.2 Å². The minimum absolute atomic E-state index is 0.0905. The van der Waals surface area contributed by atoms with Crippen molar-refractivity contribution in [2.45, 2.75) is 44.6 Å². The molecule has 1 aromatic rings. The number of hydrogen-bond donors (Lipinski definition) is 0. The predicted octanol–water partition coefficient (Wildman–Crippen LogP) is 6.13. The molecule has 0 unspecified atom stereocenters. The molecule has 4 rings (SSSR count). The quantitative estimate of drug-likeness (QED) is 0.448. The van der Waals surface area contributed by atoms with Gasteiger partial charge < -0.3 is 0 Å². The molecule has 1 heterocycles. The average Bonchev–Trinajstić information content (AvgIpc) is 3.21. The number of allylic oxidation sites excluding steroid dienone is 5. The fourth-order valence-electron chi connectivity index (χ4n) is 3.81. The number of hydrogen-bond acceptors (Lipinski definition) is 3. The largest absolute Gasteiger partial charge is 0.290 e. The summed E-state index contributed by atoms with van der Waals surface area (Å²) in [5.74, 6) is 0.0905. The number of amides is 1. The highest BCUT2D eigenvalue weighted by atomic mass is 35.5. The molecular weight excluding hydrogens is 382 g/mol. The van der Waals surface area contributed by atoms with E-state index in [0.717, 1.165) is 39.1 Å². The molecule has 0 atom stereocenters. The number of carbonyl (C=O) groups is 1. The molecule has 1 aliphatic heterocycles. The maximum absolute atomic E-state index is 12.9. The van der Waals surface area contributed by atoms with Crippen LogP contribution in [-0.2, 0) is 4.79 Å². The van der Waals surface area contributed by atoms with Gasteiger partial charge in [0.25, 0.3) is 5.91 Å². The van der Waals surface area contributed by atoms with Gasteiger partial charge in [-0.05, 0) is 54.2 Å². The number of benzene rings is 1. The maximum atomic E-state index is 12.9. The van der Waals surface area contributed by atoms with Crippen LogP contribution in [0.3, 0.4) is 0 Å². The molecular formula is C21H20ClNOS2. The fourth-order valence-corrected chi connectivity index (χ4v) is 5.35. The lowest BCUT2D eigenvalue weighted by atomic mass is 9.94. The van der Waals surface area contributed by atoms with E-state index in [1.807, 2.05) is 35.2 Å². The minimum Gasteiger partial charge on any atom is -0.290 e. The van der Waals surface area contributed by atoms with Crippen molar-refractivity contribution >= 4 is 51.4 Å². The SMILES string of the molecule is O=C1/C(=C/C2=CC=C(c3ccc(Cl)cc3)C2)SC(=S)N1C1CCCCC1. The summed E-state index contributed by atoms with van der Waals surface area (Å²) in [6, 6.07) is 8.18. The molecule has 0 radical (unpaired) electrons. The Balaban J connectivity index is 1.45. The van der Waals surface area contributed by atoms with E-state index in [-0.39, 0.29) is 5.91 Å². The van der Waals surface area contributed by atoms with Crippen molar-refractivity contribution in [2.24, 2.45) is 0 Å². The monoisotopic (exact) mass is 401 g/mol. The average molecular weight is 402 g/mol. The van der Waals surface area contributed by atoms with Crippen LogP contribution in [0, 0.1) is 0 Å². The Morgan fingerprint density at radius 1 is 1.12 bits per heavy atom. The van der Waals surface area contributed by atoms with Crippen LogP contribution in [0.4, 0.5) is 0 Å². The van der Waals surface area contributed by atoms with Gasteiger partial charge in [0.15, 0.2) is 0 Å². The third-order valence-corrected chi connectivity index (χ3v) is 6.77. The molecule has 5 heteroatoms. The van der Waals surface area contributed by atoms with E-state index in [1.54, 1.807) is 0 Å². The highest BCUT2D eigenvalue weighted by Gasteiger charge is 2.37. The number of carbonyl (C=O) groups excluding carboxylic acids is 1. The van der Waals surface area contributed by atoms with E-state index in [4.69, 9.17) is 23.8 Å². The second-order valence-corrected chi connectivity index (χ2v) is 9.07. The summed E-state index contributed by atoms with van der Waals surface area (Å²) in [5, 5.41) is 0.743. The summed E-state index contributed by atoms with van der Waals surface area (Å²) in [6.45, 7) is 0. The zero-order chi connectivity index (χ0) is 18.1. The van der Waals surface area contributed by atoms with Crippen molar-refractivity contribution < 1.29 is 4.79 Å². The Morgan fingerprint density at radius 2 is 1.85 bits per heavy atom. The normalized spacial score (nSPS) is 23.0. The van der Waals surface area contributed by atoms with Crippen molar-refractivity contribution in [3.63, 3.8) is 0 Å². The summed E-state index contributed by atoms with van der Waals surface area (Å²) in [6.07, 6.45) is 12.9. The Bertz CT molecular complexity index is 832. The van der Waals surface area contributed by atoms with Gasteiger partial charge >= 0.3 is 0 Å². The first-order valence-electron chi connectivity index (χ1n) is 9.04. The third-order valence-electron chi connectivity index (χ3n) is 5.19. The van der Waals surface area contributed by atoms with Gasteiger partial charge in [-0.25, -0.2) is 0 Å². The van der Waals surface area contributed by atoms with Gasteiger partial charge in [-0.3, -0.25) is 9.69 Å². The predicted molar refractivity (Wildman–Crippen MR) is 114 cm³/mol. The zero-order valence-corrected chi connectivity index (χ0v) is 16.8. The first-order chi connectivity index (χ1) is 12.6. The first-order valence-corrected chi connectivity index (χ1v) is 10.6. The first kappa shape index (κ1) is 18.0. The van der Waals surface area contributed by atoms with Crippen molar-refractivity contribution in [1.82, 2.24) is 4.90 Å². The minimum atomic E-state index is 0.0905. The molecule has 0 N–H and O–H groups in total. The Kier molecular flexibility index (Phi) is 5.35. The van der Waals surface area contributed by atoms with Gasteiger partial charge in [-0.2, -0.15) is 0 Å². The molecule has 0 aromatic heterocycles. The lowest BCUT2D eigenvalue weighted by Gasteiger charge is -2.29. The molecule has 2 nitrogen and oxygen atoms in total. The van der Waals surface area contributed by atoms with Crippen LogP contribution >= 0.6 is 35.6 Å². The number of rotatable bonds is 3. The molecule has 0 spiro atoms. The van der Waals surface area contributed by atoms with Crippen LogP contribution in [0.15, 0.2) is 53.0 Å². The zero-order valence-electron chi connectivity index (χ0n) is 14.4. The van der Waals surface area contributed by atoms with Crippen LogP contribution in [-0.4, -0.2) is 21.2 Å². The van der Waals surface area contributed by atoms with Gasteiger partial charge in [-0.1, -0.05) is 79.1 Å². The van der Waals surface area contributed by atoms with E-state index in [2.05, 4.69) is 12.2 Å². The molecule has 3 aliphatic rings. The van der Waals surface area contributed by atoms with Crippen molar-refractivity contribution in [3.05, 3.63) is 63.6 Å². The second-order valence-electron chi connectivity index (χ2n) is 6.96. The molecule has 2 aliphatic carbocycles. The molecule has 0 bridgehead atoms. The summed E-state index contributed by atoms with van der Waals surface area (Å²) in [4.78, 5) is 15.5. The number of thiocarbonyl (C=S) groups is 1. The van der Waals surface area contributed by atoms with Crippen LogP contribution in [0.5, 0.6) is 0 Å². The van der Waals surface area contributed by atoms with Crippen LogP contribution in [0.25, 0.3) is 5.57 Å². The lowest BCUT2D eigenvalue weighted by Crippen LogP contribution is -2.39. The molecule has 1 aromatic carbocycles. The van der Waals surface area contributed by atoms with Crippen LogP contribution < -0.4 is 0 Å². The molecule has 1 amide bonds. The molecule has 134 valence electrons. The summed E-state index contributed by atoms with van der Waals surface area (Å²) in [7, 11) is 0. The van der Waals surface area contributed by atoms with Crippen molar-refractivity contribution in [3.8, 4) is 0 Å². The lowest BCUT2D eigenvalue weighted by molar-refractivity contribution is -0.124. The Morgan fingerprint density at radius 3 is 2.58 bits per heavy atom. The molecule has 26 heavy (non-hydrogen) atoms. The van der Waals surface area contributed by atoms with E-state index < -0.39 is 0 Å². The summed E-state index contributed by atoms with van der Waals surface area (Å²) < 4.78 is 0.720. The molecule has 1 saturated heterocycles. The van der Waals surface area contributed by atoms with Gasteiger partial charge in [0.2, 0.25) is 0 Å². The summed E-state index contributed by atoms with van der Waals surface area (Å²) >= 11 is 12.9.